The summed E-state index contributed by atoms with van der Waals surface area (Å²) in [6.45, 7) is 1.69. The summed E-state index contributed by atoms with van der Waals surface area (Å²) in [6.07, 6.45) is 1.94. The Morgan fingerprint density at radius 1 is 1.06 bits per heavy atom. The van der Waals surface area contributed by atoms with Gasteiger partial charge in [0, 0.05) is 29.8 Å². The molecule has 8 nitrogen and oxygen atoms in total. The Morgan fingerprint density at radius 3 is 2.53 bits per heavy atom. The summed E-state index contributed by atoms with van der Waals surface area (Å²) in [4.78, 5) is 37.6. The van der Waals surface area contributed by atoms with E-state index in [4.69, 9.17) is 4.42 Å². The van der Waals surface area contributed by atoms with Crippen LogP contribution in [0.3, 0.4) is 0 Å². The molecule has 1 aliphatic heterocycles. The number of furan rings is 1. The van der Waals surface area contributed by atoms with Gasteiger partial charge in [-0.05, 0) is 42.7 Å². The number of carbonyl (C=O) groups is 2. The molecule has 0 N–H and O–H groups in total. The number of nitrogens with zero attached hydrogens (tertiary/aromatic N) is 3. The summed E-state index contributed by atoms with van der Waals surface area (Å²) in [7, 11) is 0. The van der Waals surface area contributed by atoms with Crippen LogP contribution in [0.2, 0.25) is 0 Å². The quantitative estimate of drug-likeness (QED) is 0.231. The highest BCUT2D eigenvalue weighted by Gasteiger charge is 2.35. The maximum absolute atomic E-state index is 13.2. The molecule has 2 aromatic carbocycles. The first kappa shape index (κ1) is 22.4. The van der Waals surface area contributed by atoms with E-state index in [1.807, 2.05) is 36.4 Å². The molecule has 34 heavy (non-hydrogen) atoms. The van der Waals surface area contributed by atoms with Gasteiger partial charge < -0.3 is 4.42 Å². The SMILES string of the molecule is CC1=C(C#N)C(=O)N(CCc2ccccc2)C(=O)/C1=C/c1ccc(-c2cccc([N+](=O)[O-])c2)o1. The van der Waals surface area contributed by atoms with Crippen molar-refractivity contribution in [3.8, 4) is 17.4 Å². The summed E-state index contributed by atoms with van der Waals surface area (Å²) < 4.78 is 5.80. The van der Waals surface area contributed by atoms with Gasteiger partial charge in [0.05, 0.1) is 4.92 Å². The summed E-state index contributed by atoms with van der Waals surface area (Å²) >= 11 is 0. The summed E-state index contributed by atoms with van der Waals surface area (Å²) in [5.41, 5.74) is 1.78. The summed E-state index contributed by atoms with van der Waals surface area (Å²) in [5, 5.41) is 20.6. The van der Waals surface area contributed by atoms with Crippen molar-refractivity contribution in [3.63, 3.8) is 0 Å². The minimum absolute atomic E-state index is 0.0683. The zero-order chi connectivity index (χ0) is 24.2. The largest absolute Gasteiger partial charge is 0.457 e. The fourth-order valence-corrected chi connectivity index (χ4v) is 3.72. The number of nitro benzene ring substituents is 1. The van der Waals surface area contributed by atoms with Crippen molar-refractivity contribution in [2.75, 3.05) is 6.54 Å². The van der Waals surface area contributed by atoms with Crippen molar-refractivity contribution in [2.45, 2.75) is 13.3 Å². The predicted octanol–water partition coefficient (Wildman–Crippen LogP) is 4.69. The van der Waals surface area contributed by atoms with E-state index >= 15 is 0 Å². The Bertz CT molecular complexity index is 1390. The molecular weight excluding hydrogens is 434 g/mol. The Labute approximate surface area is 195 Å². The van der Waals surface area contributed by atoms with Crippen LogP contribution in [0.5, 0.6) is 0 Å². The van der Waals surface area contributed by atoms with Crippen molar-refractivity contribution in [1.29, 1.82) is 5.26 Å². The van der Waals surface area contributed by atoms with Crippen LogP contribution in [0.1, 0.15) is 18.2 Å². The fraction of sp³-hybridized carbons (Fsp3) is 0.115. The van der Waals surface area contributed by atoms with Crippen LogP contribution in [0, 0.1) is 21.4 Å². The molecule has 0 unspecified atom stereocenters. The molecule has 4 rings (SSSR count). The van der Waals surface area contributed by atoms with E-state index in [1.165, 1.54) is 18.2 Å². The number of rotatable bonds is 6. The zero-order valence-electron chi connectivity index (χ0n) is 18.2. The van der Waals surface area contributed by atoms with Gasteiger partial charge in [-0.3, -0.25) is 24.6 Å². The average Bonchev–Trinajstić information content (AvgIpc) is 3.31. The normalized spacial score (nSPS) is 15.1. The molecule has 0 aliphatic carbocycles. The first-order valence-electron chi connectivity index (χ1n) is 10.5. The summed E-state index contributed by atoms with van der Waals surface area (Å²) in [6, 6.07) is 20.6. The van der Waals surface area contributed by atoms with Crippen LogP contribution in [0.25, 0.3) is 17.4 Å². The third-order valence-electron chi connectivity index (χ3n) is 5.55. The van der Waals surface area contributed by atoms with E-state index in [-0.39, 0.29) is 29.0 Å². The standard InChI is InChI=1S/C26H19N3O5/c1-17-22(15-21-10-11-24(34-21)19-8-5-9-20(14-19)29(32)33)25(30)28(26(31)23(17)16-27)13-12-18-6-3-2-4-7-18/h2-11,14-15H,12-13H2,1H3/b22-15+. The topological polar surface area (TPSA) is 117 Å². The predicted molar refractivity (Wildman–Crippen MR) is 124 cm³/mol. The Balaban J connectivity index is 1.65. The van der Waals surface area contributed by atoms with Gasteiger partial charge in [-0.1, -0.05) is 42.5 Å². The molecule has 0 atom stereocenters. The molecular formula is C26H19N3O5. The molecule has 2 heterocycles. The number of benzene rings is 2. The lowest BCUT2D eigenvalue weighted by Crippen LogP contribution is -2.43. The number of imide groups is 1. The molecule has 168 valence electrons. The van der Waals surface area contributed by atoms with Gasteiger partial charge in [-0.2, -0.15) is 5.26 Å². The highest BCUT2D eigenvalue weighted by Crippen LogP contribution is 2.30. The molecule has 1 aliphatic rings. The second kappa shape index (κ2) is 9.38. The van der Waals surface area contributed by atoms with E-state index in [2.05, 4.69) is 0 Å². The van der Waals surface area contributed by atoms with Crippen molar-refractivity contribution in [1.82, 2.24) is 4.90 Å². The third kappa shape index (κ3) is 4.40. The third-order valence-corrected chi connectivity index (χ3v) is 5.55. The molecule has 0 saturated heterocycles. The lowest BCUT2D eigenvalue weighted by molar-refractivity contribution is -0.384. The van der Waals surface area contributed by atoms with Crippen LogP contribution in [0.15, 0.2) is 87.9 Å². The maximum atomic E-state index is 13.2. The number of hydrogen-bond donors (Lipinski definition) is 0. The first-order chi connectivity index (χ1) is 16.4. The van der Waals surface area contributed by atoms with Gasteiger partial charge in [-0.25, -0.2) is 0 Å². The van der Waals surface area contributed by atoms with Crippen molar-refractivity contribution in [2.24, 2.45) is 0 Å². The number of carbonyl (C=O) groups excluding carboxylic acids is 2. The van der Waals surface area contributed by atoms with Gasteiger partial charge in [0.15, 0.2) is 0 Å². The van der Waals surface area contributed by atoms with Crippen LogP contribution >= 0.6 is 0 Å². The lowest BCUT2D eigenvalue weighted by Gasteiger charge is -2.27. The Kier molecular flexibility index (Phi) is 6.19. The minimum Gasteiger partial charge on any atom is -0.457 e. The van der Waals surface area contributed by atoms with Crippen LogP contribution in [0.4, 0.5) is 5.69 Å². The van der Waals surface area contributed by atoms with E-state index in [0.29, 0.717) is 23.5 Å². The van der Waals surface area contributed by atoms with Crippen LogP contribution in [-0.2, 0) is 16.0 Å². The smallest absolute Gasteiger partial charge is 0.271 e. The summed E-state index contributed by atoms with van der Waals surface area (Å²) in [5.74, 6) is -0.419. The fourth-order valence-electron chi connectivity index (χ4n) is 3.72. The van der Waals surface area contributed by atoms with Crippen LogP contribution < -0.4 is 0 Å². The van der Waals surface area contributed by atoms with E-state index in [1.54, 1.807) is 31.2 Å². The van der Waals surface area contributed by atoms with E-state index in [9.17, 15) is 25.0 Å². The highest BCUT2D eigenvalue weighted by atomic mass is 16.6. The second-order valence-corrected chi connectivity index (χ2v) is 7.68. The maximum Gasteiger partial charge on any atom is 0.271 e. The Morgan fingerprint density at radius 2 is 1.82 bits per heavy atom. The zero-order valence-corrected chi connectivity index (χ0v) is 18.2. The highest BCUT2D eigenvalue weighted by molar-refractivity contribution is 6.19. The molecule has 8 heteroatoms. The van der Waals surface area contributed by atoms with E-state index < -0.39 is 16.7 Å². The lowest BCUT2D eigenvalue weighted by atomic mass is 9.94. The number of nitro groups is 1. The molecule has 0 radical (unpaired) electrons. The van der Waals surface area contributed by atoms with Gasteiger partial charge in [0.25, 0.3) is 17.5 Å². The molecule has 1 aromatic heterocycles. The van der Waals surface area contributed by atoms with Gasteiger partial charge in [-0.15, -0.1) is 0 Å². The monoisotopic (exact) mass is 453 g/mol. The van der Waals surface area contributed by atoms with Gasteiger partial charge in [0.2, 0.25) is 0 Å². The number of hydrogen-bond acceptors (Lipinski definition) is 6. The molecule has 2 amide bonds. The number of non-ortho nitro benzene ring substituents is 1. The number of amides is 2. The van der Waals surface area contributed by atoms with Gasteiger partial charge in [0.1, 0.15) is 23.2 Å². The molecule has 0 spiro atoms. The Hall–Kier alpha value is -4.77. The minimum atomic E-state index is -0.616. The average molecular weight is 453 g/mol. The molecule has 0 bridgehead atoms. The molecule has 0 saturated carbocycles. The van der Waals surface area contributed by atoms with Crippen molar-refractivity contribution >= 4 is 23.6 Å². The van der Waals surface area contributed by atoms with E-state index in [0.717, 1.165) is 10.5 Å². The van der Waals surface area contributed by atoms with Gasteiger partial charge >= 0.3 is 0 Å². The number of nitriles is 1. The molecule has 0 fully saturated rings. The van der Waals surface area contributed by atoms with Crippen LogP contribution in [-0.4, -0.2) is 28.2 Å². The second-order valence-electron chi connectivity index (χ2n) is 7.68. The van der Waals surface area contributed by atoms with Crippen molar-refractivity contribution in [3.05, 3.63) is 105 Å². The van der Waals surface area contributed by atoms with Crippen molar-refractivity contribution < 1.29 is 18.9 Å². The first-order valence-corrected chi connectivity index (χ1v) is 10.5. The molecule has 3 aromatic rings.